The summed E-state index contributed by atoms with van der Waals surface area (Å²) in [4.78, 5) is 12.8. The number of nitrogens with one attached hydrogen (secondary N) is 1. The van der Waals surface area contributed by atoms with Crippen molar-refractivity contribution < 1.29 is 4.79 Å². The molecular formula is C26H45NO. The number of unbranched alkanes of at least 4 members (excludes halogenated alkanes) is 4. The molecule has 1 rings (SSSR count). The zero-order chi connectivity index (χ0) is 21.8. The molecule has 2 nitrogen and oxygen atoms in total. The highest BCUT2D eigenvalue weighted by atomic mass is 16.1. The van der Waals surface area contributed by atoms with Crippen molar-refractivity contribution in [2.45, 2.75) is 124 Å². The Morgan fingerprint density at radius 3 is 1.61 bits per heavy atom. The van der Waals surface area contributed by atoms with E-state index in [-0.39, 0.29) is 22.2 Å². The molecule has 0 spiro atoms. The number of carbonyl (C=O) groups is 1. The van der Waals surface area contributed by atoms with Gasteiger partial charge in [-0.2, -0.15) is 0 Å². The van der Waals surface area contributed by atoms with E-state index in [0.29, 0.717) is 6.42 Å². The lowest BCUT2D eigenvalue weighted by Crippen LogP contribution is -2.26. The number of benzene rings is 1. The van der Waals surface area contributed by atoms with Crippen LogP contribution >= 0.6 is 0 Å². The number of hydrogen-bond acceptors (Lipinski definition) is 1. The summed E-state index contributed by atoms with van der Waals surface area (Å²) in [6, 6.07) is 4.62. The van der Waals surface area contributed by atoms with Crippen LogP contribution in [0, 0.1) is 0 Å². The van der Waals surface area contributed by atoms with Gasteiger partial charge in [0, 0.05) is 12.1 Å². The molecule has 0 heterocycles. The van der Waals surface area contributed by atoms with Gasteiger partial charge < -0.3 is 5.32 Å². The van der Waals surface area contributed by atoms with Crippen molar-refractivity contribution in [3.05, 3.63) is 28.8 Å². The monoisotopic (exact) mass is 387 g/mol. The fraction of sp³-hybridized carbons (Fsp3) is 0.731. The smallest absolute Gasteiger partial charge is 0.224 e. The molecule has 0 unspecified atom stereocenters. The maximum Gasteiger partial charge on any atom is 0.224 e. The van der Waals surface area contributed by atoms with Crippen LogP contribution in [0.15, 0.2) is 12.1 Å². The van der Waals surface area contributed by atoms with E-state index in [1.807, 2.05) is 0 Å². The van der Waals surface area contributed by atoms with E-state index in [1.54, 1.807) is 0 Å². The standard InChI is InChI=1S/C26H45NO/c1-11-12-13-14-15-16-22(28)27-23-20(25(5,6)7)17-19(24(2,3)4)18-21(23)26(8,9)10/h17-18H,11-16H2,1-10H3,(H,27,28). The molecule has 1 aromatic carbocycles. The van der Waals surface area contributed by atoms with Crippen molar-refractivity contribution in [3.8, 4) is 0 Å². The number of hydrogen-bond donors (Lipinski definition) is 1. The first-order valence-electron chi connectivity index (χ1n) is 11.2. The summed E-state index contributed by atoms with van der Waals surface area (Å²) in [6.07, 6.45) is 6.45. The van der Waals surface area contributed by atoms with Crippen LogP contribution in [0.5, 0.6) is 0 Å². The zero-order valence-corrected chi connectivity index (χ0v) is 20.3. The number of rotatable bonds is 7. The Labute approximate surface area is 174 Å². The van der Waals surface area contributed by atoms with Crippen LogP contribution in [0.4, 0.5) is 5.69 Å². The predicted octanol–water partition coefficient (Wildman–Crippen LogP) is 7.88. The van der Waals surface area contributed by atoms with Gasteiger partial charge in [-0.05, 0) is 39.4 Å². The summed E-state index contributed by atoms with van der Waals surface area (Å²) < 4.78 is 0. The Kier molecular flexibility index (Phi) is 8.35. The van der Waals surface area contributed by atoms with Gasteiger partial charge in [0.15, 0.2) is 0 Å². The molecule has 0 aliphatic carbocycles. The third kappa shape index (κ3) is 7.26. The minimum atomic E-state index is -0.0367. The molecule has 0 atom stereocenters. The summed E-state index contributed by atoms with van der Waals surface area (Å²) in [6.45, 7) is 22.4. The van der Waals surface area contributed by atoms with Crippen LogP contribution in [0.1, 0.15) is 124 Å². The Morgan fingerprint density at radius 2 is 1.21 bits per heavy atom. The van der Waals surface area contributed by atoms with Crippen LogP contribution in [0.2, 0.25) is 0 Å². The summed E-state index contributed by atoms with van der Waals surface area (Å²) in [5.74, 6) is 0.149. The van der Waals surface area contributed by atoms with Gasteiger partial charge in [-0.1, -0.05) is 107 Å². The Hall–Kier alpha value is -1.31. The topological polar surface area (TPSA) is 29.1 Å². The van der Waals surface area contributed by atoms with Crippen molar-refractivity contribution in [2.24, 2.45) is 0 Å². The predicted molar refractivity (Wildman–Crippen MR) is 125 cm³/mol. The lowest BCUT2D eigenvalue weighted by atomic mass is 9.74. The van der Waals surface area contributed by atoms with Crippen molar-refractivity contribution in [2.75, 3.05) is 5.32 Å². The maximum absolute atomic E-state index is 12.8. The number of carbonyl (C=O) groups excluding carboxylic acids is 1. The molecule has 1 amide bonds. The molecule has 28 heavy (non-hydrogen) atoms. The van der Waals surface area contributed by atoms with Crippen molar-refractivity contribution in [3.63, 3.8) is 0 Å². The van der Waals surface area contributed by atoms with Crippen molar-refractivity contribution in [1.29, 1.82) is 0 Å². The van der Waals surface area contributed by atoms with Gasteiger partial charge in [0.25, 0.3) is 0 Å². The fourth-order valence-electron chi connectivity index (χ4n) is 3.48. The van der Waals surface area contributed by atoms with E-state index < -0.39 is 0 Å². The summed E-state index contributed by atoms with van der Waals surface area (Å²) in [5, 5.41) is 3.32. The van der Waals surface area contributed by atoms with Crippen molar-refractivity contribution >= 4 is 11.6 Å². The van der Waals surface area contributed by atoms with E-state index in [0.717, 1.165) is 18.5 Å². The quantitative estimate of drug-likeness (QED) is 0.474. The maximum atomic E-state index is 12.8. The lowest BCUT2D eigenvalue weighted by molar-refractivity contribution is -0.116. The third-order valence-corrected chi connectivity index (χ3v) is 5.39. The minimum absolute atomic E-state index is 0.0367. The molecule has 0 saturated carbocycles. The second kappa shape index (κ2) is 9.46. The highest BCUT2D eigenvalue weighted by Crippen LogP contribution is 2.41. The second-order valence-corrected chi connectivity index (χ2v) is 11.4. The molecule has 1 aromatic rings. The largest absolute Gasteiger partial charge is 0.326 e. The molecule has 0 saturated heterocycles. The van der Waals surface area contributed by atoms with Gasteiger partial charge >= 0.3 is 0 Å². The molecule has 0 radical (unpaired) electrons. The van der Waals surface area contributed by atoms with E-state index in [9.17, 15) is 4.79 Å². The van der Waals surface area contributed by atoms with Crippen LogP contribution in [0.3, 0.4) is 0 Å². The van der Waals surface area contributed by atoms with Crippen LogP contribution in [-0.2, 0) is 21.0 Å². The van der Waals surface area contributed by atoms with Gasteiger partial charge in [-0.15, -0.1) is 0 Å². The Morgan fingerprint density at radius 1 is 0.750 bits per heavy atom. The molecule has 160 valence electrons. The SMILES string of the molecule is CCCCCCCC(=O)Nc1c(C(C)(C)C)cc(C(C)(C)C)cc1C(C)(C)C. The first kappa shape index (κ1) is 24.7. The summed E-state index contributed by atoms with van der Waals surface area (Å²) >= 11 is 0. The van der Waals surface area contributed by atoms with Gasteiger partial charge in [-0.25, -0.2) is 0 Å². The van der Waals surface area contributed by atoms with Crippen LogP contribution in [0.25, 0.3) is 0 Å². The summed E-state index contributed by atoms with van der Waals surface area (Å²) in [5.41, 5.74) is 4.84. The highest BCUT2D eigenvalue weighted by molar-refractivity contribution is 5.93. The lowest BCUT2D eigenvalue weighted by Gasteiger charge is -2.33. The second-order valence-electron chi connectivity index (χ2n) is 11.4. The van der Waals surface area contributed by atoms with Gasteiger partial charge in [-0.3, -0.25) is 4.79 Å². The molecule has 0 bridgehead atoms. The average molecular weight is 388 g/mol. The first-order valence-corrected chi connectivity index (χ1v) is 11.2. The molecule has 0 fully saturated rings. The van der Waals surface area contributed by atoms with Gasteiger partial charge in [0.2, 0.25) is 5.91 Å². The molecular weight excluding hydrogens is 342 g/mol. The number of anilines is 1. The molecule has 0 aliphatic rings. The van der Waals surface area contributed by atoms with Gasteiger partial charge in [0.05, 0.1) is 0 Å². The molecule has 1 N–H and O–H groups in total. The molecule has 0 aromatic heterocycles. The average Bonchev–Trinajstić information content (AvgIpc) is 2.51. The number of amides is 1. The van der Waals surface area contributed by atoms with E-state index in [1.165, 1.54) is 36.0 Å². The Bertz CT molecular complexity index is 615. The molecule has 2 heteroatoms. The van der Waals surface area contributed by atoms with Gasteiger partial charge in [0.1, 0.15) is 0 Å². The van der Waals surface area contributed by atoms with E-state index >= 15 is 0 Å². The van der Waals surface area contributed by atoms with Crippen LogP contribution < -0.4 is 5.32 Å². The third-order valence-electron chi connectivity index (χ3n) is 5.39. The minimum Gasteiger partial charge on any atom is -0.326 e. The van der Waals surface area contributed by atoms with Crippen molar-refractivity contribution in [1.82, 2.24) is 0 Å². The van der Waals surface area contributed by atoms with Crippen LogP contribution in [-0.4, -0.2) is 5.91 Å². The fourth-order valence-corrected chi connectivity index (χ4v) is 3.48. The highest BCUT2D eigenvalue weighted by Gasteiger charge is 2.29. The summed E-state index contributed by atoms with van der Waals surface area (Å²) in [7, 11) is 0. The first-order chi connectivity index (χ1) is 12.7. The normalized spacial score (nSPS) is 12.9. The zero-order valence-electron chi connectivity index (χ0n) is 20.3. The Balaban J connectivity index is 3.29. The van der Waals surface area contributed by atoms with E-state index in [2.05, 4.69) is 86.7 Å². The van der Waals surface area contributed by atoms with E-state index in [4.69, 9.17) is 0 Å². The molecule has 0 aliphatic heterocycles.